The van der Waals surface area contributed by atoms with E-state index in [0.717, 1.165) is 12.8 Å². The van der Waals surface area contributed by atoms with Gasteiger partial charge in [0, 0.05) is 18.2 Å². The molecule has 5 heteroatoms. The van der Waals surface area contributed by atoms with Gasteiger partial charge in [0.1, 0.15) is 6.10 Å². The first kappa shape index (κ1) is 15.9. The Morgan fingerprint density at radius 2 is 2.22 bits per heavy atom. The molecule has 0 unspecified atom stereocenters. The molecular formula is C13H23BrO4. The second-order valence-electron chi connectivity index (χ2n) is 4.94. The summed E-state index contributed by atoms with van der Waals surface area (Å²) in [5.74, 6) is -0.337. The summed E-state index contributed by atoms with van der Waals surface area (Å²) >= 11 is 3.62. The number of carbonyl (C=O) groups excluding carboxylic acids is 1. The Labute approximate surface area is 117 Å². The first-order chi connectivity index (χ1) is 8.43. The SMILES string of the molecule is CC[C@H](Br)[C@@H]1CC[C@@H](OC(C)=O)[C@@H](O)C[C@@H](C)O1. The number of hydrogen-bond donors (Lipinski definition) is 1. The van der Waals surface area contributed by atoms with Gasteiger partial charge in [0.05, 0.1) is 18.3 Å². The van der Waals surface area contributed by atoms with Crippen molar-refractivity contribution < 1.29 is 19.4 Å². The fourth-order valence-corrected chi connectivity index (χ4v) is 2.70. The molecule has 0 radical (unpaired) electrons. The van der Waals surface area contributed by atoms with E-state index >= 15 is 0 Å². The molecular weight excluding hydrogens is 300 g/mol. The van der Waals surface area contributed by atoms with E-state index < -0.39 is 12.2 Å². The van der Waals surface area contributed by atoms with Crippen LogP contribution in [0.5, 0.6) is 0 Å². The van der Waals surface area contributed by atoms with Crippen LogP contribution in [0.3, 0.4) is 0 Å². The molecule has 0 aliphatic carbocycles. The second-order valence-corrected chi connectivity index (χ2v) is 6.11. The number of alkyl halides is 1. The van der Waals surface area contributed by atoms with Gasteiger partial charge in [-0.15, -0.1) is 0 Å². The lowest BCUT2D eigenvalue weighted by Gasteiger charge is -2.33. The van der Waals surface area contributed by atoms with Crippen LogP contribution in [0.15, 0.2) is 0 Å². The van der Waals surface area contributed by atoms with Gasteiger partial charge in [-0.3, -0.25) is 4.79 Å². The Bertz CT molecular complexity index is 272. The first-order valence-electron chi connectivity index (χ1n) is 6.58. The van der Waals surface area contributed by atoms with E-state index in [4.69, 9.17) is 9.47 Å². The standard InChI is InChI=1S/C13H23BrO4/c1-4-10(14)12-5-6-13(18-9(3)15)11(16)7-8(2)17-12/h8,10-13,16H,4-7H2,1-3H3/t8-,10+,11+,12+,13-/m1/s1. The zero-order valence-electron chi connectivity index (χ0n) is 11.3. The minimum absolute atomic E-state index is 0.0324. The predicted molar refractivity (Wildman–Crippen MR) is 72.8 cm³/mol. The number of esters is 1. The molecule has 0 spiro atoms. The van der Waals surface area contributed by atoms with Gasteiger partial charge in [0.15, 0.2) is 0 Å². The summed E-state index contributed by atoms with van der Waals surface area (Å²) in [4.78, 5) is 11.3. The fourth-order valence-electron chi connectivity index (χ4n) is 2.31. The Morgan fingerprint density at radius 3 is 2.78 bits per heavy atom. The Balaban J connectivity index is 2.66. The molecule has 5 atom stereocenters. The summed E-state index contributed by atoms with van der Waals surface area (Å²) < 4.78 is 11.1. The average Bonchev–Trinajstić information content (AvgIpc) is 2.29. The number of aliphatic hydroxyl groups is 1. The third-order valence-electron chi connectivity index (χ3n) is 3.26. The molecule has 106 valence electrons. The normalized spacial score (nSPS) is 35.4. The molecule has 0 aromatic heterocycles. The van der Waals surface area contributed by atoms with E-state index in [9.17, 15) is 9.90 Å². The first-order valence-corrected chi connectivity index (χ1v) is 7.50. The highest BCUT2D eigenvalue weighted by Crippen LogP contribution is 2.26. The van der Waals surface area contributed by atoms with Crippen LogP contribution in [-0.4, -0.2) is 40.3 Å². The van der Waals surface area contributed by atoms with Crippen LogP contribution in [0.4, 0.5) is 0 Å². The van der Waals surface area contributed by atoms with Crippen molar-refractivity contribution in [1.82, 2.24) is 0 Å². The number of halogens is 1. The fraction of sp³-hybridized carbons (Fsp3) is 0.923. The summed E-state index contributed by atoms with van der Waals surface area (Å²) in [5, 5.41) is 10.0. The highest BCUT2D eigenvalue weighted by Gasteiger charge is 2.31. The van der Waals surface area contributed by atoms with Gasteiger partial charge in [0.25, 0.3) is 0 Å². The zero-order valence-corrected chi connectivity index (χ0v) is 12.9. The van der Waals surface area contributed by atoms with Crippen molar-refractivity contribution in [2.45, 2.75) is 75.7 Å². The molecule has 1 N–H and O–H groups in total. The van der Waals surface area contributed by atoms with Crippen molar-refractivity contribution >= 4 is 21.9 Å². The van der Waals surface area contributed by atoms with Gasteiger partial charge in [-0.1, -0.05) is 22.9 Å². The predicted octanol–water partition coefficient (Wildman–Crippen LogP) is 2.41. The van der Waals surface area contributed by atoms with Crippen LogP contribution in [0, 0.1) is 0 Å². The van der Waals surface area contributed by atoms with E-state index in [-0.39, 0.29) is 18.2 Å². The Hall–Kier alpha value is -0.130. The molecule has 1 rings (SSSR count). The summed E-state index contributed by atoms with van der Waals surface area (Å²) in [5.41, 5.74) is 0. The number of ether oxygens (including phenoxy) is 2. The third kappa shape index (κ3) is 4.86. The summed E-state index contributed by atoms with van der Waals surface area (Å²) in [6, 6.07) is 0. The molecule has 0 aromatic carbocycles. The molecule has 1 saturated heterocycles. The van der Waals surface area contributed by atoms with Gasteiger partial charge in [0.2, 0.25) is 0 Å². The van der Waals surface area contributed by atoms with Crippen molar-refractivity contribution in [3.8, 4) is 0 Å². The Morgan fingerprint density at radius 1 is 1.56 bits per heavy atom. The van der Waals surface area contributed by atoms with Gasteiger partial charge >= 0.3 is 5.97 Å². The molecule has 0 saturated carbocycles. The number of carbonyl (C=O) groups is 1. The average molecular weight is 323 g/mol. The zero-order chi connectivity index (χ0) is 13.7. The van der Waals surface area contributed by atoms with E-state index in [1.807, 2.05) is 6.92 Å². The van der Waals surface area contributed by atoms with Crippen molar-refractivity contribution in [3.63, 3.8) is 0 Å². The highest BCUT2D eigenvalue weighted by atomic mass is 79.9. The third-order valence-corrected chi connectivity index (χ3v) is 4.49. The second kappa shape index (κ2) is 7.46. The van der Waals surface area contributed by atoms with Gasteiger partial charge < -0.3 is 14.6 Å². The van der Waals surface area contributed by atoms with Crippen molar-refractivity contribution in [2.75, 3.05) is 0 Å². The topological polar surface area (TPSA) is 55.8 Å². The monoisotopic (exact) mass is 322 g/mol. The number of aliphatic hydroxyl groups excluding tert-OH is 1. The minimum Gasteiger partial charge on any atom is -0.460 e. The van der Waals surface area contributed by atoms with Gasteiger partial charge in [-0.25, -0.2) is 0 Å². The molecule has 1 heterocycles. The maximum atomic E-state index is 11.0. The summed E-state index contributed by atoms with van der Waals surface area (Å²) in [6.07, 6.45) is 1.93. The van der Waals surface area contributed by atoms with Gasteiger partial charge in [-0.2, -0.15) is 0 Å². The van der Waals surface area contributed by atoms with Gasteiger partial charge in [-0.05, 0) is 26.2 Å². The molecule has 18 heavy (non-hydrogen) atoms. The molecule has 0 aromatic rings. The molecule has 4 nitrogen and oxygen atoms in total. The quantitative estimate of drug-likeness (QED) is 0.640. The van der Waals surface area contributed by atoms with Crippen LogP contribution in [0.25, 0.3) is 0 Å². The van der Waals surface area contributed by atoms with Crippen LogP contribution >= 0.6 is 15.9 Å². The minimum atomic E-state index is -0.639. The van der Waals surface area contributed by atoms with Crippen molar-refractivity contribution in [3.05, 3.63) is 0 Å². The van der Waals surface area contributed by atoms with Crippen LogP contribution < -0.4 is 0 Å². The van der Waals surface area contributed by atoms with Crippen LogP contribution in [0.2, 0.25) is 0 Å². The lowest BCUT2D eigenvalue weighted by Crippen LogP contribution is -2.40. The molecule has 1 aliphatic rings. The summed E-state index contributed by atoms with van der Waals surface area (Å²) in [6.45, 7) is 5.43. The molecule has 0 amide bonds. The maximum absolute atomic E-state index is 11.0. The van der Waals surface area contributed by atoms with Crippen molar-refractivity contribution in [1.29, 1.82) is 0 Å². The van der Waals surface area contributed by atoms with Crippen LogP contribution in [-0.2, 0) is 14.3 Å². The highest BCUT2D eigenvalue weighted by molar-refractivity contribution is 9.09. The molecule has 1 aliphatic heterocycles. The van der Waals surface area contributed by atoms with E-state index in [2.05, 4.69) is 22.9 Å². The largest absolute Gasteiger partial charge is 0.460 e. The Kier molecular flexibility index (Phi) is 6.60. The van der Waals surface area contributed by atoms with E-state index in [1.165, 1.54) is 6.92 Å². The smallest absolute Gasteiger partial charge is 0.302 e. The lowest BCUT2D eigenvalue weighted by atomic mass is 9.97. The van der Waals surface area contributed by atoms with Crippen molar-refractivity contribution in [2.24, 2.45) is 0 Å². The number of hydrogen-bond acceptors (Lipinski definition) is 4. The van der Waals surface area contributed by atoms with E-state index in [1.54, 1.807) is 0 Å². The van der Waals surface area contributed by atoms with Crippen LogP contribution in [0.1, 0.15) is 46.5 Å². The summed E-state index contributed by atoms with van der Waals surface area (Å²) in [7, 11) is 0. The molecule has 0 bridgehead atoms. The van der Waals surface area contributed by atoms with E-state index in [0.29, 0.717) is 17.7 Å². The lowest BCUT2D eigenvalue weighted by molar-refractivity contribution is -0.158. The molecule has 1 fully saturated rings. The maximum Gasteiger partial charge on any atom is 0.302 e. The number of rotatable bonds is 3.